The van der Waals surface area contributed by atoms with Crippen LogP contribution >= 0.6 is 0 Å². The smallest absolute Gasteiger partial charge is 0.266 e. The molecule has 3 rings (SSSR count). The highest BCUT2D eigenvalue weighted by Crippen LogP contribution is 2.20. The maximum atomic E-state index is 12.4. The molecule has 0 atom stereocenters. The van der Waals surface area contributed by atoms with Gasteiger partial charge in [-0.25, -0.2) is 28.1 Å². The van der Waals surface area contributed by atoms with E-state index >= 15 is 0 Å². The Morgan fingerprint density at radius 3 is 2.68 bits per heavy atom. The summed E-state index contributed by atoms with van der Waals surface area (Å²) >= 11 is 0. The largest absolute Gasteiger partial charge is 0.281 e. The number of H-pyrrole nitrogens is 1. The van der Waals surface area contributed by atoms with Gasteiger partial charge in [0.1, 0.15) is 29.7 Å². The third-order valence-corrected chi connectivity index (χ3v) is 4.49. The average molecular weight is 320 g/mol. The molecule has 0 spiro atoms. The highest BCUT2D eigenvalue weighted by molar-refractivity contribution is 7.92. The summed E-state index contributed by atoms with van der Waals surface area (Å²) in [5.74, 6) is 0.520. The van der Waals surface area contributed by atoms with Crippen molar-refractivity contribution in [1.82, 2.24) is 34.9 Å². The minimum absolute atomic E-state index is 0.105. The fourth-order valence-electron chi connectivity index (χ4n) is 1.98. The van der Waals surface area contributed by atoms with E-state index in [1.54, 1.807) is 13.8 Å². The lowest BCUT2D eigenvalue weighted by atomic mass is 10.4. The molecule has 3 aromatic heterocycles. The molecule has 0 aliphatic heterocycles. The van der Waals surface area contributed by atoms with Gasteiger partial charge in [0.05, 0.1) is 11.4 Å². The van der Waals surface area contributed by atoms with Crippen LogP contribution in [0.5, 0.6) is 0 Å². The first-order valence-corrected chi connectivity index (χ1v) is 7.67. The normalized spacial score (nSPS) is 11.5. The first-order chi connectivity index (χ1) is 10.5. The van der Waals surface area contributed by atoms with Crippen LogP contribution in [0.1, 0.15) is 11.4 Å². The van der Waals surface area contributed by atoms with Crippen LogP contribution in [0.15, 0.2) is 29.9 Å². The summed E-state index contributed by atoms with van der Waals surface area (Å²) in [5, 5.41) is 10.4. The molecule has 22 heavy (non-hydrogen) atoms. The van der Waals surface area contributed by atoms with Crippen molar-refractivity contribution in [3.8, 4) is 5.82 Å². The van der Waals surface area contributed by atoms with E-state index < -0.39 is 10.0 Å². The van der Waals surface area contributed by atoms with E-state index in [9.17, 15) is 8.42 Å². The summed E-state index contributed by atoms with van der Waals surface area (Å²) in [6.07, 6.45) is 4.04. The quantitative estimate of drug-likeness (QED) is 0.701. The molecule has 0 aromatic carbocycles. The van der Waals surface area contributed by atoms with E-state index in [-0.39, 0.29) is 10.7 Å². The zero-order chi connectivity index (χ0) is 15.7. The number of nitrogens with one attached hydrogen (secondary N) is 2. The maximum Gasteiger partial charge on any atom is 0.266 e. The van der Waals surface area contributed by atoms with Crippen LogP contribution in [0.3, 0.4) is 0 Å². The number of nitrogens with zero attached hydrogens (tertiary/aromatic N) is 6. The minimum atomic E-state index is -3.80. The second kappa shape index (κ2) is 5.18. The number of hydrogen-bond donors (Lipinski definition) is 2. The molecule has 0 bridgehead atoms. The number of aromatic nitrogens is 7. The van der Waals surface area contributed by atoms with Crippen molar-refractivity contribution in [2.75, 3.05) is 4.72 Å². The molecule has 10 nitrogen and oxygen atoms in total. The van der Waals surface area contributed by atoms with Crippen LogP contribution in [-0.2, 0) is 10.0 Å². The monoisotopic (exact) mass is 320 g/mol. The van der Waals surface area contributed by atoms with Gasteiger partial charge in [-0.15, -0.1) is 0 Å². The Hall–Kier alpha value is -2.82. The second-order valence-corrected chi connectivity index (χ2v) is 6.09. The topological polar surface area (TPSA) is 131 Å². The second-order valence-electron chi connectivity index (χ2n) is 4.47. The zero-order valence-corrected chi connectivity index (χ0v) is 12.5. The van der Waals surface area contributed by atoms with Crippen LogP contribution in [0.4, 0.5) is 5.82 Å². The highest BCUT2D eigenvalue weighted by Gasteiger charge is 2.23. The molecule has 3 heterocycles. The molecule has 2 N–H and O–H groups in total. The average Bonchev–Trinajstić information content (AvgIpc) is 3.09. The predicted octanol–water partition coefficient (Wildman–Crippen LogP) is 0.198. The molecule has 0 fully saturated rings. The lowest BCUT2D eigenvalue weighted by Gasteiger charge is -2.08. The number of sulfonamides is 1. The maximum absolute atomic E-state index is 12.4. The summed E-state index contributed by atoms with van der Waals surface area (Å²) in [7, 11) is -3.80. The molecular weight excluding hydrogens is 308 g/mol. The minimum Gasteiger partial charge on any atom is -0.281 e. The third-order valence-electron chi connectivity index (χ3n) is 2.87. The Morgan fingerprint density at radius 1 is 1.23 bits per heavy atom. The zero-order valence-electron chi connectivity index (χ0n) is 11.7. The molecule has 0 saturated heterocycles. The standard InChI is InChI=1S/C11H12N8O2S/c1-7-11(8(2)17-16-7)22(20,21)18-9-3-10(14-5-13-9)19-6-12-4-15-19/h3-6H,1-2H3,(H,16,17)(H,13,14,18). The lowest BCUT2D eigenvalue weighted by Crippen LogP contribution is -2.16. The predicted molar refractivity (Wildman–Crippen MR) is 75.8 cm³/mol. The Morgan fingerprint density at radius 2 is 2.05 bits per heavy atom. The van der Waals surface area contributed by atoms with Crippen LogP contribution < -0.4 is 4.72 Å². The van der Waals surface area contributed by atoms with Gasteiger partial charge in [0.15, 0.2) is 5.82 Å². The van der Waals surface area contributed by atoms with Crippen molar-refractivity contribution in [2.45, 2.75) is 18.7 Å². The van der Waals surface area contributed by atoms with Crippen LogP contribution in [0, 0.1) is 13.8 Å². The van der Waals surface area contributed by atoms with Gasteiger partial charge in [-0.2, -0.15) is 10.2 Å². The summed E-state index contributed by atoms with van der Waals surface area (Å²) in [6.45, 7) is 3.24. The van der Waals surface area contributed by atoms with Gasteiger partial charge in [0.2, 0.25) is 0 Å². The molecule has 11 heteroatoms. The number of anilines is 1. The van der Waals surface area contributed by atoms with Gasteiger partial charge in [0.25, 0.3) is 10.0 Å². The summed E-state index contributed by atoms with van der Waals surface area (Å²) in [4.78, 5) is 11.8. The number of aryl methyl sites for hydroxylation is 2. The first kappa shape index (κ1) is 14.1. The fourth-order valence-corrected chi connectivity index (χ4v) is 3.35. The van der Waals surface area contributed by atoms with E-state index in [1.165, 1.54) is 29.7 Å². The van der Waals surface area contributed by atoms with Crippen molar-refractivity contribution in [3.63, 3.8) is 0 Å². The van der Waals surface area contributed by atoms with Crippen molar-refractivity contribution < 1.29 is 8.42 Å². The SMILES string of the molecule is Cc1n[nH]c(C)c1S(=O)(=O)Nc1cc(-n2cncn2)ncn1. The molecule has 114 valence electrons. The summed E-state index contributed by atoms with van der Waals surface area (Å²) in [5.41, 5.74) is 0.839. The van der Waals surface area contributed by atoms with E-state index in [0.29, 0.717) is 17.2 Å². The molecule has 0 unspecified atom stereocenters. The molecule has 3 aromatic rings. The lowest BCUT2D eigenvalue weighted by molar-refractivity contribution is 0.600. The van der Waals surface area contributed by atoms with Gasteiger partial charge in [-0.1, -0.05) is 0 Å². The first-order valence-electron chi connectivity index (χ1n) is 6.19. The third kappa shape index (κ3) is 2.53. The Bertz CT molecular complexity index is 881. The van der Waals surface area contributed by atoms with Crippen LogP contribution in [0.25, 0.3) is 5.82 Å². The van der Waals surface area contributed by atoms with Gasteiger partial charge >= 0.3 is 0 Å². The molecule has 0 radical (unpaired) electrons. The van der Waals surface area contributed by atoms with Gasteiger partial charge < -0.3 is 0 Å². The Labute approximate surface area is 125 Å². The highest BCUT2D eigenvalue weighted by atomic mass is 32.2. The van der Waals surface area contributed by atoms with Crippen molar-refractivity contribution in [3.05, 3.63) is 36.4 Å². The molecule has 0 aliphatic carbocycles. The van der Waals surface area contributed by atoms with E-state index in [1.807, 2.05) is 0 Å². The van der Waals surface area contributed by atoms with E-state index in [4.69, 9.17) is 0 Å². The van der Waals surface area contributed by atoms with Crippen LogP contribution in [-0.4, -0.2) is 43.3 Å². The van der Waals surface area contributed by atoms with Gasteiger partial charge in [-0.05, 0) is 13.8 Å². The summed E-state index contributed by atoms with van der Waals surface area (Å²) in [6, 6.07) is 1.46. The van der Waals surface area contributed by atoms with Gasteiger partial charge in [0, 0.05) is 6.07 Å². The van der Waals surface area contributed by atoms with E-state index in [0.717, 1.165) is 0 Å². The Balaban J connectivity index is 1.95. The Kier molecular flexibility index (Phi) is 3.33. The van der Waals surface area contributed by atoms with Crippen molar-refractivity contribution in [1.29, 1.82) is 0 Å². The van der Waals surface area contributed by atoms with Gasteiger partial charge in [-0.3, -0.25) is 9.82 Å². The molecule has 0 amide bonds. The number of hydrogen-bond acceptors (Lipinski definition) is 7. The molecule has 0 aliphatic rings. The fraction of sp³-hybridized carbons (Fsp3) is 0.182. The molecular formula is C11H12N8O2S. The van der Waals surface area contributed by atoms with Crippen molar-refractivity contribution in [2.24, 2.45) is 0 Å². The van der Waals surface area contributed by atoms with Crippen molar-refractivity contribution >= 4 is 15.8 Å². The number of aromatic amines is 1. The van der Waals surface area contributed by atoms with Crippen LogP contribution in [0.2, 0.25) is 0 Å². The number of rotatable bonds is 4. The van der Waals surface area contributed by atoms with E-state index in [2.05, 4.69) is 35.0 Å². The molecule has 0 saturated carbocycles. The summed E-state index contributed by atoms with van der Waals surface area (Å²) < 4.78 is 28.7.